The molecule has 1 heteroatoms. The first-order chi connectivity index (χ1) is 10.4. The fraction of sp³-hybridized carbons (Fsp3) is 0.350. The first-order valence-electron chi connectivity index (χ1n) is 7.98. The van der Waals surface area contributed by atoms with Crippen LogP contribution in [0.2, 0.25) is 0 Å². The number of hydrogen-bond acceptors (Lipinski definition) is 1. The Hall–Kier alpha value is -1.89. The lowest BCUT2D eigenvalue weighted by atomic mass is 10.0. The van der Waals surface area contributed by atoms with Crippen LogP contribution in [0.5, 0.6) is 0 Å². The van der Waals surface area contributed by atoms with Gasteiger partial charge in [0.2, 0.25) is 0 Å². The van der Waals surface area contributed by atoms with E-state index in [0.29, 0.717) is 0 Å². The molecule has 2 aromatic carbocycles. The van der Waals surface area contributed by atoms with Gasteiger partial charge in [0.15, 0.2) is 0 Å². The van der Waals surface area contributed by atoms with Crippen LogP contribution >= 0.6 is 0 Å². The molecule has 0 aromatic heterocycles. The van der Waals surface area contributed by atoms with Crippen molar-refractivity contribution >= 4 is 6.29 Å². The molecule has 0 aliphatic carbocycles. The molecule has 0 amide bonds. The molecule has 0 unspecified atom stereocenters. The van der Waals surface area contributed by atoms with Gasteiger partial charge in [0.05, 0.1) is 0 Å². The van der Waals surface area contributed by atoms with Crippen molar-refractivity contribution in [1.29, 1.82) is 0 Å². The molecule has 2 rings (SSSR count). The van der Waals surface area contributed by atoms with Gasteiger partial charge in [-0.3, -0.25) is 0 Å². The van der Waals surface area contributed by atoms with Crippen LogP contribution in [0.3, 0.4) is 0 Å². The summed E-state index contributed by atoms with van der Waals surface area (Å²) in [6.45, 7) is 0. The molecular weight excluding hydrogens is 256 g/mol. The number of aldehydes is 1. The van der Waals surface area contributed by atoms with Crippen LogP contribution in [0.25, 0.3) is 11.1 Å². The molecule has 21 heavy (non-hydrogen) atoms. The Morgan fingerprint density at radius 2 is 1.29 bits per heavy atom. The monoisotopic (exact) mass is 280 g/mol. The quantitative estimate of drug-likeness (QED) is 0.442. The van der Waals surface area contributed by atoms with Crippen molar-refractivity contribution in [2.45, 2.75) is 44.9 Å². The van der Waals surface area contributed by atoms with Crippen LogP contribution in [0.4, 0.5) is 0 Å². The third kappa shape index (κ3) is 5.55. The average molecular weight is 280 g/mol. The van der Waals surface area contributed by atoms with Crippen molar-refractivity contribution < 1.29 is 4.79 Å². The number of unbranched alkanes of at least 4 members (excludes halogenated alkanes) is 5. The fourth-order valence-electron chi connectivity index (χ4n) is 2.58. The van der Waals surface area contributed by atoms with Crippen LogP contribution in [-0.4, -0.2) is 6.29 Å². The van der Waals surface area contributed by atoms with E-state index in [1.165, 1.54) is 42.4 Å². The van der Waals surface area contributed by atoms with Gasteiger partial charge in [-0.15, -0.1) is 0 Å². The van der Waals surface area contributed by atoms with Gasteiger partial charge in [0.25, 0.3) is 0 Å². The minimum atomic E-state index is 0.723. The number of rotatable bonds is 9. The fourth-order valence-corrected chi connectivity index (χ4v) is 2.58. The van der Waals surface area contributed by atoms with Gasteiger partial charge in [-0.25, -0.2) is 0 Å². The molecule has 0 fully saturated rings. The van der Waals surface area contributed by atoms with Crippen LogP contribution < -0.4 is 0 Å². The van der Waals surface area contributed by atoms with Crippen molar-refractivity contribution in [2.24, 2.45) is 0 Å². The van der Waals surface area contributed by atoms with Crippen molar-refractivity contribution in [1.82, 2.24) is 0 Å². The third-order valence-corrected chi connectivity index (χ3v) is 3.85. The number of benzene rings is 2. The highest BCUT2D eigenvalue weighted by molar-refractivity contribution is 5.63. The van der Waals surface area contributed by atoms with E-state index in [4.69, 9.17) is 0 Å². The zero-order chi connectivity index (χ0) is 14.8. The van der Waals surface area contributed by atoms with Gasteiger partial charge in [-0.2, -0.15) is 0 Å². The van der Waals surface area contributed by atoms with Gasteiger partial charge < -0.3 is 4.79 Å². The smallest absolute Gasteiger partial charge is 0.119 e. The molecule has 110 valence electrons. The first-order valence-corrected chi connectivity index (χ1v) is 7.98. The third-order valence-electron chi connectivity index (χ3n) is 3.85. The molecule has 0 spiro atoms. The van der Waals surface area contributed by atoms with Gasteiger partial charge in [0.1, 0.15) is 6.29 Å². The molecule has 0 aliphatic heterocycles. The van der Waals surface area contributed by atoms with E-state index in [2.05, 4.69) is 48.5 Å². The Balaban J connectivity index is 1.72. The molecule has 0 atom stereocenters. The Bertz CT molecular complexity index is 513. The summed E-state index contributed by atoms with van der Waals surface area (Å²) in [6.07, 6.45) is 8.89. The van der Waals surface area contributed by atoms with Gasteiger partial charge in [-0.1, -0.05) is 73.9 Å². The van der Waals surface area contributed by atoms with E-state index < -0.39 is 0 Å². The average Bonchev–Trinajstić information content (AvgIpc) is 2.55. The zero-order valence-electron chi connectivity index (χ0n) is 12.6. The van der Waals surface area contributed by atoms with Crippen molar-refractivity contribution in [3.05, 3.63) is 60.2 Å². The second-order valence-corrected chi connectivity index (χ2v) is 5.54. The number of aryl methyl sites for hydroxylation is 1. The maximum Gasteiger partial charge on any atom is 0.119 e. The molecular formula is C20H24O. The predicted octanol–water partition coefficient (Wildman–Crippen LogP) is 5.44. The SMILES string of the molecule is O=CCCCCCCCc1ccc(-c2ccccc2)cc1. The molecule has 0 aliphatic rings. The minimum Gasteiger partial charge on any atom is -0.303 e. The highest BCUT2D eigenvalue weighted by Gasteiger charge is 1.98. The number of carbonyl (C=O) groups excluding carboxylic acids is 1. The van der Waals surface area contributed by atoms with E-state index in [0.717, 1.165) is 25.5 Å². The lowest BCUT2D eigenvalue weighted by Crippen LogP contribution is -1.87. The Morgan fingerprint density at radius 3 is 2.00 bits per heavy atom. The van der Waals surface area contributed by atoms with Crippen LogP contribution in [0, 0.1) is 0 Å². The van der Waals surface area contributed by atoms with Crippen molar-refractivity contribution in [2.75, 3.05) is 0 Å². The van der Waals surface area contributed by atoms with Crippen molar-refractivity contribution in [3.63, 3.8) is 0 Å². The molecule has 0 saturated carbocycles. The van der Waals surface area contributed by atoms with Crippen molar-refractivity contribution in [3.8, 4) is 11.1 Å². The molecule has 0 heterocycles. The summed E-state index contributed by atoms with van der Waals surface area (Å²) in [5.41, 5.74) is 3.98. The lowest BCUT2D eigenvalue weighted by Gasteiger charge is -2.05. The zero-order valence-corrected chi connectivity index (χ0v) is 12.6. The standard InChI is InChI=1S/C20H24O/c21-17-9-4-2-1-3-6-10-18-13-15-20(16-14-18)19-11-7-5-8-12-19/h5,7-8,11-17H,1-4,6,9-10H2. The van der Waals surface area contributed by atoms with E-state index in [9.17, 15) is 4.79 Å². The molecule has 1 nitrogen and oxygen atoms in total. The van der Waals surface area contributed by atoms with Gasteiger partial charge in [0, 0.05) is 6.42 Å². The Kier molecular flexibility index (Phi) is 6.73. The molecule has 0 saturated heterocycles. The maximum absolute atomic E-state index is 10.2. The molecule has 2 aromatic rings. The number of hydrogen-bond donors (Lipinski definition) is 0. The topological polar surface area (TPSA) is 17.1 Å². The van der Waals surface area contributed by atoms with Crippen LogP contribution in [0.1, 0.15) is 44.1 Å². The van der Waals surface area contributed by atoms with E-state index in [-0.39, 0.29) is 0 Å². The maximum atomic E-state index is 10.2. The molecule has 0 bridgehead atoms. The second-order valence-electron chi connectivity index (χ2n) is 5.54. The lowest BCUT2D eigenvalue weighted by molar-refractivity contribution is -0.107. The molecule has 0 N–H and O–H groups in total. The Morgan fingerprint density at radius 1 is 0.667 bits per heavy atom. The van der Waals surface area contributed by atoms with Gasteiger partial charge in [-0.05, 0) is 36.0 Å². The highest BCUT2D eigenvalue weighted by atomic mass is 16.1. The number of carbonyl (C=O) groups is 1. The van der Waals surface area contributed by atoms with Crippen LogP contribution in [-0.2, 0) is 11.2 Å². The first kappa shape index (κ1) is 15.5. The largest absolute Gasteiger partial charge is 0.303 e. The second kappa shape index (κ2) is 9.12. The van der Waals surface area contributed by atoms with E-state index >= 15 is 0 Å². The molecule has 0 radical (unpaired) electrons. The Labute approximate surface area is 128 Å². The summed E-state index contributed by atoms with van der Waals surface area (Å²) < 4.78 is 0. The highest BCUT2D eigenvalue weighted by Crippen LogP contribution is 2.20. The summed E-state index contributed by atoms with van der Waals surface area (Å²) in [5, 5.41) is 0. The van der Waals surface area contributed by atoms with E-state index in [1.807, 2.05) is 6.07 Å². The predicted molar refractivity (Wildman–Crippen MR) is 89.3 cm³/mol. The summed E-state index contributed by atoms with van der Waals surface area (Å²) >= 11 is 0. The van der Waals surface area contributed by atoms with Gasteiger partial charge >= 0.3 is 0 Å². The van der Waals surface area contributed by atoms with Crippen LogP contribution in [0.15, 0.2) is 54.6 Å². The summed E-state index contributed by atoms with van der Waals surface area (Å²) in [6, 6.07) is 19.4. The normalized spacial score (nSPS) is 10.5. The minimum absolute atomic E-state index is 0.723. The van der Waals surface area contributed by atoms with E-state index in [1.54, 1.807) is 0 Å². The summed E-state index contributed by atoms with van der Waals surface area (Å²) in [4.78, 5) is 10.2. The summed E-state index contributed by atoms with van der Waals surface area (Å²) in [5.74, 6) is 0. The summed E-state index contributed by atoms with van der Waals surface area (Å²) in [7, 11) is 0.